The van der Waals surface area contributed by atoms with Crippen molar-refractivity contribution in [2.75, 3.05) is 13.2 Å². The van der Waals surface area contributed by atoms with Gasteiger partial charge in [0, 0.05) is 12.8 Å². The standard InChI is InChI=1S/C24H46O4/c1-4-6-7-8-13-16-20-27-23(25)17-14-11-9-10-12-15-18-24(26)28-21-19-22(3)5-2/h22H,4-21H2,1-3H3. The molecule has 166 valence electrons. The first-order chi connectivity index (χ1) is 13.6. The van der Waals surface area contributed by atoms with Crippen LogP contribution in [0.3, 0.4) is 0 Å². The lowest BCUT2D eigenvalue weighted by Gasteiger charge is -2.09. The first-order valence-electron chi connectivity index (χ1n) is 11.9. The average Bonchev–Trinajstić information content (AvgIpc) is 2.69. The zero-order valence-corrected chi connectivity index (χ0v) is 18.9. The SMILES string of the molecule is CCCCCCCCOC(=O)CCCCCCCCC(=O)OCCC(C)CC. The maximum absolute atomic E-state index is 11.7. The largest absolute Gasteiger partial charge is 0.466 e. The summed E-state index contributed by atoms with van der Waals surface area (Å²) in [6.07, 6.45) is 16.6. The highest BCUT2D eigenvalue weighted by Gasteiger charge is 2.05. The van der Waals surface area contributed by atoms with Crippen molar-refractivity contribution in [1.29, 1.82) is 0 Å². The lowest BCUT2D eigenvalue weighted by molar-refractivity contribution is -0.145. The molecule has 0 aliphatic carbocycles. The van der Waals surface area contributed by atoms with Crippen molar-refractivity contribution in [3.63, 3.8) is 0 Å². The van der Waals surface area contributed by atoms with Crippen molar-refractivity contribution < 1.29 is 19.1 Å². The fourth-order valence-electron chi connectivity index (χ4n) is 3.04. The van der Waals surface area contributed by atoms with E-state index in [1.165, 1.54) is 32.1 Å². The molecule has 4 heteroatoms. The number of carbonyl (C=O) groups excluding carboxylic acids is 2. The molecule has 0 bridgehead atoms. The number of rotatable bonds is 20. The van der Waals surface area contributed by atoms with Crippen LogP contribution in [0.1, 0.15) is 124 Å². The number of ether oxygens (including phenoxy) is 2. The van der Waals surface area contributed by atoms with Gasteiger partial charge in [0.25, 0.3) is 0 Å². The molecule has 1 atom stereocenters. The molecular weight excluding hydrogens is 352 g/mol. The number of hydrogen-bond acceptors (Lipinski definition) is 4. The minimum absolute atomic E-state index is 0.0475. The Hall–Kier alpha value is -1.06. The van der Waals surface area contributed by atoms with Crippen LogP contribution in [0.4, 0.5) is 0 Å². The summed E-state index contributed by atoms with van der Waals surface area (Å²) in [5.74, 6) is 0.519. The minimum atomic E-state index is -0.0589. The quantitative estimate of drug-likeness (QED) is 0.164. The van der Waals surface area contributed by atoms with Gasteiger partial charge in [-0.15, -0.1) is 0 Å². The molecule has 0 spiro atoms. The monoisotopic (exact) mass is 398 g/mol. The van der Waals surface area contributed by atoms with Crippen LogP contribution in [0, 0.1) is 5.92 Å². The molecule has 0 rings (SSSR count). The highest BCUT2D eigenvalue weighted by Crippen LogP contribution is 2.11. The van der Waals surface area contributed by atoms with Gasteiger partial charge in [-0.3, -0.25) is 9.59 Å². The second-order valence-electron chi connectivity index (χ2n) is 8.13. The van der Waals surface area contributed by atoms with Gasteiger partial charge in [0.15, 0.2) is 0 Å². The Morgan fingerprint density at radius 2 is 1.11 bits per heavy atom. The summed E-state index contributed by atoms with van der Waals surface area (Å²) < 4.78 is 10.5. The van der Waals surface area contributed by atoms with Crippen LogP contribution in [0.5, 0.6) is 0 Å². The molecule has 0 heterocycles. The Morgan fingerprint density at radius 1 is 0.643 bits per heavy atom. The molecule has 28 heavy (non-hydrogen) atoms. The Labute approximate surface area is 174 Å². The second-order valence-corrected chi connectivity index (χ2v) is 8.13. The molecule has 4 nitrogen and oxygen atoms in total. The van der Waals surface area contributed by atoms with E-state index >= 15 is 0 Å². The summed E-state index contributed by atoms with van der Waals surface area (Å²) >= 11 is 0. The van der Waals surface area contributed by atoms with E-state index < -0.39 is 0 Å². The third-order valence-corrected chi connectivity index (χ3v) is 5.34. The molecule has 0 saturated heterocycles. The topological polar surface area (TPSA) is 52.6 Å². The smallest absolute Gasteiger partial charge is 0.305 e. The summed E-state index contributed by atoms with van der Waals surface area (Å²) in [5.41, 5.74) is 0. The van der Waals surface area contributed by atoms with Crippen LogP contribution in [0.25, 0.3) is 0 Å². The normalized spacial score (nSPS) is 12.0. The number of hydrogen-bond donors (Lipinski definition) is 0. The predicted molar refractivity (Wildman–Crippen MR) is 116 cm³/mol. The third-order valence-electron chi connectivity index (χ3n) is 5.34. The molecule has 0 N–H and O–H groups in total. The van der Waals surface area contributed by atoms with Gasteiger partial charge in [0.2, 0.25) is 0 Å². The summed E-state index contributed by atoms with van der Waals surface area (Å²) in [7, 11) is 0. The van der Waals surface area contributed by atoms with Crippen molar-refractivity contribution in [3.8, 4) is 0 Å². The zero-order valence-electron chi connectivity index (χ0n) is 18.9. The van der Waals surface area contributed by atoms with Gasteiger partial charge in [-0.05, 0) is 31.6 Å². The molecule has 0 amide bonds. The summed E-state index contributed by atoms with van der Waals surface area (Å²) in [6, 6.07) is 0. The van der Waals surface area contributed by atoms with Gasteiger partial charge in [0.1, 0.15) is 0 Å². The van der Waals surface area contributed by atoms with Crippen LogP contribution < -0.4 is 0 Å². The fraction of sp³-hybridized carbons (Fsp3) is 0.917. The lowest BCUT2D eigenvalue weighted by atomic mass is 10.1. The molecule has 0 aliphatic rings. The number of carbonyl (C=O) groups is 2. The summed E-state index contributed by atoms with van der Waals surface area (Å²) in [6.45, 7) is 7.70. The van der Waals surface area contributed by atoms with E-state index in [9.17, 15) is 9.59 Å². The van der Waals surface area contributed by atoms with Gasteiger partial charge in [-0.1, -0.05) is 85.0 Å². The lowest BCUT2D eigenvalue weighted by Crippen LogP contribution is -2.08. The Kier molecular flexibility index (Phi) is 19.9. The van der Waals surface area contributed by atoms with Crippen molar-refractivity contribution in [2.45, 2.75) is 124 Å². The predicted octanol–water partition coefficient (Wildman–Crippen LogP) is 6.99. The van der Waals surface area contributed by atoms with Crippen LogP contribution in [0.2, 0.25) is 0 Å². The van der Waals surface area contributed by atoms with Crippen molar-refractivity contribution in [1.82, 2.24) is 0 Å². The van der Waals surface area contributed by atoms with Gasteiger partial charge in [0.05, 0.1) is 13.2 Å². The second kappa shape index (κ2) is 20.7. The molecule has 0 saturated carbocycles. The maximum atomic E-state index is 11.7. The van der Waals surface area contributed by atoms with Crippen LogP contribution in [0.15, 0.2) is 0 Å². The minimum Gasteiger partial charge on any atom is -0.466 e. The van der Waals surface area contributed by atoms with Crippen LogP contribution >= 0.6 is 0 Å². The van der Waals surface area contributed by atoms with E-state index in [0.717, 1.165) is 57.8 Å². The summed E-state index contributed by atoms with van der Waals surface area (Å²) in [5, 5.41) is 0. The molecule has 0 aromatic carbocycles. The fourth-order valence-corrected chi connectivity index (χ4v) is 3.04. The van der Waals surface area contributed by atoms with Gasteiger partial charge < -0.3 is 9.47 Å². The van der Waals surface area contributed by atoms with Gasteiger partial charge in [-0.25, -0.2) is 0 Å². The van der Waals surface area contributed by atoms with E-state index in [1.54, 1.807) is 0 Å². The average molecular weight is 399 g/mol. The van der Waals surface area contributed by atoms with E-state index in [2.05, 4.69) is 20.8 Å². The first kappa shape index (κ1) is 26.9. The van der Waals surface area contributed by atoms with Crippen molar-refractivity contribution in [3.05, 3.63) is 0 Å². The molecule has 0 aromatic heterocycles. The number of esters is 2. The van der Waals surface area contributed by atoms with Crippen LogP contribution in [-0.2, 0) is 19.1 Å². The van der Waals surface area contributed by atoms with Crippen LogP contribution in [-0.4, -0.2) is 25.2 Å². The third kappa shape index (κ3) is 19.7. The van der Waals surface area contributed by atoms with Crippen molar-refractivity contribution in [2.24, 2.45) is 5.92 Å². The molecule has 0 aliphatic heterocycles. The highest BCUT2D eigenvalue weighted by molar-refractivity contribution is 5.69. The van der Waals surface area contributed by atoms with Gasteiger partial charge in [-0.2, -0.15) is 0 Å². The highest BCUT2D eigenvalue weighted by atomic mass is 16.5. The Morgan fingerprint density at radius 3 is 1.64 bits per heavy atom. The van der Waals surface area contributed by atoms with Gasteiger partial charge >= 0.3 is 11.9 Å². The van der Waals surface area contributed by atoms with Crippen molar-refractivity contribution >= 4 is 11.9 Å². The Balaban J connectivity index is 3.29. The van der Waals surface area contributed by atoms with E-state index in [-0.39, 0.29) is 11.9 Å². The molecule has 0 fully saturated rings. The molecule has 1 unspecified atom stereocenters. The zero-order chi connectivity index (χ0) is 20.9. The van der Waals surface area contributed by atoms with E-state index in [1.807, 2.05) is 0 Å². The molecule has 0 aromatic rings. The van der Waals surface area contributed by atoms with E-state index in [0.29, 0.717) is 32.0 Å². The van der Waals surface area contributed by atoms with E-state index in [4.69, 9.17) is 9.47 Å². The molecule has 0 radical (unpaired) electrons. The summed E-state index contributed by atoms with van der Waals surface area (Å²) in [4.78, 5) is 23.3. The first-order valence-corrected chi connectivity index (χ1v) is 11.9. The Bertz CT molecular complexity index is 368. The number of unbranched alkanes of at least 4 members (excludes halogenated alkanes) is 10. The molecular formula is C24H46O4. The maximum Gasteiger partial charge on any atom is 0.305 e.